The minimum atomic E-state index is 0.318. The van der Waals surface area contributed by atoms with Crippen molar-refractivity contribution in [2.24, 2.45) is 0 Å². The first-order chi connectivity index (χ1) is 9.28. The van der Waals surface area contributed by atoms with Crippen LogP contribution in [-0.4, -0.2) is 14.5 Å². The molecule has 19 heavy (non-hydrogen) atoms. The SMILES string of the molecule is Cc1csc(Cn2c(CC#N)nc3ccccc32)n1. The average Bonchev–Trinajstić information content (AvgIpc) is 2.96. The summed E-state index contributed by atoms with van der Waals surface area (Å²) in [6.45, 7) is 2.66. The van der Waals surface area contributed by atoms with Crippen LogP contribution in [0.25, 0.3) is 11.0 Å². The molecule has 0 N–H and O–H groups in total. The number of nitriles is 1. The second kappa shape index (κ2) is 4.82. The molecular weight excluding hydrogens is 256 g/mol. The summed E-state index contributed by atoms with van der Waals surface area (Å²) in [4.78, 5) is 9.00. The maximum Gasteiger partial charge on any atom is 0.124 e. The van der Waals surface area contributed by atoms with Crippen molar-refractivity contribution in [3.63, 3.8) is 0 Å². The third-order valence-electron chi connectivity index (χ3n) is 2.93. The number of fused-ring (bicyclic) bond motifs is 1. The van der Waals surface area contributed by atoms with Crippen LogP contribution in [0, 0.1) is 18.3 Å². The largest absolute Gasteiger partial charge is 0.320 e. The van der Waals surface area contributed by atoms with Crippen LogP contribution in [0.4, 0.5) is 0 Å². The zero-order valence-electron chi connectivity index (χ0n) is 10.5. The van der Waals surface area contributed by atoms with Crippen LogP contribution in [0.3, 0.4) is 0 Å². The van der Waals surface area contributed by atoms with E-state index in [4.69, 9.17) is 5.26 Å². The molecule has 5 heteroatoms. The van der Waals surface area contributed by atoms with E-state index in [2.05, 4.69) is 20.6 Å². The molecule has 0 atom stereocenters. The van der Waals surface area contributed by atoms with Gasteiger partial charge in [-0.15, -0.1) is 11.3 Å². The van der Waals surface area contributed by atoms with E-state index in [1.165, 1.54) is 0 Å². The fourth-order valence-corrected chi connectivity index (χ4v) is 2.88. The molecule has 3 rings (SSSR count). The normalized spacial score (nSPS) is 10.7. The van der Waals surface area contributed by atoms with Crippen LogP contribution in [0.1, 0.15) is 16.5 Å². The number of nitrogens with zero attached hydrogens (tertiary/aromatic N) is 4. The lowest BCUT2D eigenvalue weighted by atomic mass is 10.3. The van der Waals surface area contributed by atoms with Gasteiger partial charge in [0.15, 0.2) is 0 Å². The summed E-state index contributed by atoms with van der Waals surface area (Å²) in [6, 6.07) is 10.1. The van der Waals surface area contributed by atoms with E-state index >= 15 is 0 Å². The Balaban J connectivity index is 2.09. The van der Waals surface area contributed by atoms with E-state index in [0.29, 0.717) is 13.0 Å². The molecule has 94 valence electrons. The molecule has 2 heterocycles. The summed E-state index contributed by atoms with van der Waals surface area (Å²) in [5.41, 5.74) is 3.02. The van der Waals surface area contributed by atoms with Crippen molar-refractivity contribution in [1.29, 1.82) is 5.26 Å². The van der Waals surface area contributed by atoms with Crippen LogP contribution in [0.15, 0.2) is 29.6 Å². The van der Waals surface area contributed by atoms with Gasteiger partial charge in [0.25, 0.3) is 0 Å². The molecule has 0 aliphatic carbocycles. The van der Waals surface area contributed by atoms with Crippen molar-refractivity contribution in [3.8, 4) is 6.07 Å². The smallest absolute Gasteiger partial charge is 0.124 e. The summed E-state index contributed by atoms with van der Waals surface area (Å²) >= 11 is 1.64. The second-order valence-corrected chi connectivity index (χ2v) is 5.26. The number of benzene rings is 1. The van der Waals surface area contributed by atoms with Crippen molar-refractivity contribution in [2.75, 3.05) is 0 Å². The van der Waals surface area contributed by atoms with Crippen LogP contribution >= 0.6 is 11.3 Å². The standard InChI is InChI=1S/C14H12N4S/c1-10-9-19-14(16-10)8-18-12-5-3-2-4-11(12)17-13(18)6-7-15/h2-5,9H,6,8H2,1H3. The van der Waals surface area contributed by atoms with Crippen LogP contribution in [0.5, 0.6) is 0 Å². The molecule has 0 unspecified atom stereocenters. The van der Waals surface area contributed by atoms with Crippen molar-refractivity contribution in [1.82, 2.24) is 14.5 Å². The van der Waals surface area contributed by atoms with E-state index in [-0.39, 0.29) is 0 Å². The van der Waals surface area contributed by atoms with Gasteiger partial charge in [0, 0.05) is 11.1 Å². The van der Waals surface area contributed by atoms with Crippen molar-refractivity contribution >= 4 is 22.4 Å². The second-order valence-electron chi connectivity index (χ2n) is 4.32. The van der Waals surface area contributed by atoms with Gasteiger partial charge in [0.1, 0.15) is 10.8 Å². The molecule has 0 saturated heterocycles. The predicted octanol–water partition coefficient (Wildman–Crippen LogP) is 2.92. The zero-order chi connectivity index (χ0) is 13.2. The molecule has 0 amide bonds. The van der Waals surface area contributed by atoms with Crippen molar-refractivity contribution in [3.05, 3.63) is 46.2 Å². The Hall–Kier alpha value is -2.19. The first-order valence-corrected chi connectivity index (χ1v) is 6.88. The summed E-state index contributed by atoms with van der Waals surface area (Å²) < 4.78 is 2.08. The average molecular weight is 268 g/mol. The number of aromatic nitrogens is 3. The first-order valence-electron chi connectivity index (χ1n) is 6.00. The Kier molecular flexibility index (Phi) is 3.02. The Morgan fingerprint density at radius 2 is 2.16 bits per heavy atom. The topological polar surface area (TPSA) is 54.5 Å². The highest BCUT2D eigenvalue weighted by molar-refractivity contribution is 7.09. The number of hydrogen-bond acceptors (Lipinski definition) is 4. The highest BCUT2D eigenvalue weighted by Crippen LogP contribution is 2.19. The fraction of sp³-hybridized carbons (Fsp3) is 0.214. The summed E-state index contributed by atoms with van der Waals surface area (Å²) in [6.07, 6.45) is 0.318. The molecule has 1 aromatic carbocycles. The molecule has 0 spiro atoms. The molecule has 0 aliphatic heterocycles. The predicted molar refractivity (Wildman–Crippen MR) is 75.0 cm³/mol. The molecule has 0 fully saturated rings. The third-order valence-corrected chi connectivity index (χ3v) is 3.88. The lowest BCUT2D eigenvalue weighted by Crippen LogP contribution is -2.04. The minimum absolute atomic E-state index is 0.318. The maximum atomic E-state index is 8.92. The Bertz CT molecular complexity index is 763. The number of imidazole rings is 1. The molecule has 0 radical (unpaired) electrons. The van der Waals surface area contributed by atoms with Gasteiger partial charge in [-0.3, -0.25) is 0 Å². The van der Waals surface area contributed by atoms with Crippen molar-refractivity contribution < 1.29 is 0 Å². The maximum absolute atomic E-state index is 8.92. The van der Waals surface area contributed by atoms with Gasteiger partial charge in [-0.2, -0.15) is 5.26 Å². The summed E-state index contributed by atoms with van der Waals surface area (Å²) in [5.74, 6) is 0.802. The monoisotopic (exact) mass is 268 g/mol. The van der Waals surface area contributed by atoms with E-state index in [9.17, 15) is 0 Å². The summed E-state index contributed by atoms with van der Waals surface area (Å²) in [5, 5.41) is 12.0. The van der Waals surface area contributed by atoms with E-state index < -0.39 is 0 Å². The van der Waals surface area contributed by atoms with Crippen LogP contribution < -0.4 is 0 Å². The fourth-order valence-electron chi connectivity index (χ4n) is 2.12. The highest BCUT2D eigenvalue weighted by Gasteiger charge is 2.11. The molecule has 4 nitrogen and oxygen atoms in total. The Morgan fingerprint density at radius 1 is 1.32 bits per heavy atom. The van der Waals surface area contributed by atoms with Gasteiger partial charge in [-0.1, -0.05) is 12.1 Å². The number of aryl methyl sites for hydroxylation is 1. The molecule has 0 saturated carbocycles. The number of thiazole rings is 1. The van der Waals surface area contributed by atoms with E-state index in [0.717, 1.165) is 27.6 Å². The zero-order valence-corrected chi connectivity index (χ0v) is 11.3. The van der Waals surface area contributed by atoms with Gasteiger partial charge in [0.2, 0.25) is 0 Å². The number of hydrogen-bond donors (Lipinski definition) is 0. The summed E-state index contributed by atoms with van der Waals surface area (Å²) in [7, 11) is 0. The molecule has 2 aromatic heterocycles. The molecule has 0 aliphatic rings. The first kappa shape index (κ1) is 11.9. The van der Waals surface area contributed by atoms with E-state index in [1.807, 2.05) is 36.6 Å². The van der Waals surface area contributed by atoms with Crippen LogP contribution in [-0.2, 0) is 13.0 Å². The number of rotatable bonds is 3. The lowest BCUT2D eigenvalue weighted by molar-refractivity contribution is 0.762. The number of para-hydroxylation sites is 2. The van der Waals surface area contributed by atoms with Crippen molar-refractivity contribution in [2.45, 2.75) is 19.9 Å². The lowest BCUT2D eigenvalue weighted by Gasteiger charge is -2.04. The minimum Gasteiger partial charge on any atom is -0.320 e. The van der Waals surface area contributed by atoms with Gasteiger partial charge in [-0.25, -0.2) is 9.97 Å². The third kappa shape index (κ3) is 2.23. The van der Waals surface area contributed by atoms with Crippen LogP contribution in [0.2, 0.25) is 0 Å². The highest BCUT2D eigenvalue weighted by atomic mass is 32.1. The molecular formula is C14H12N4S. The van der Waals surface area contributed by atoms with Gasteiger partial charge < -0.3 is 4.57 Å². The van der Waals surface area contributed by atoms with Gasteiger partial charge in [-0.05, 0) is 19.1 Å². The Labute approximate surface area is 115 Å². The van der Waals surface area contributed by atoms with Gasteiger partial charge in [0.05, 0.1) is 30.1 Å². The molecule has 0 bridgehead atoms. The van der Waals surface area contributed by atoms with Gasteiger partial charge >= 0.3 is 0 Å². The quantitative estimate of drug-likeness (QED) is 0.734. The molecule has 3 aromatic rings. The Morgan fingerprint density at radius 3 is 2.89 bits per heavy atom. The van der Waals surface area contributed by atoms with E-state index in [1.54, 1.807) is 11.3 Å².